The van der Waals surface area contributed by atoms with E-state index in [1.165, 1.54) is 0 Å². The number of carbonyl (C=O) groups is 2. The predicted octanol–water partition coefficient (Wildman–Crippen LogP) is 3.77. The van der Waals surface area contributed by atoms with Gasteiger partial charge in [0.05, 0.1) is 5.92 Å². The highest BCUT2D eigenvalue weighted by atomic mass is 35.5. The van der Waals surface area contributed by atoms with Gasteiger partial charge in [0.15, 0.2) is 0 Å². The van der Waals surface area contributed by atoms with Gasteiger partial charge in [-0.25, -0.2) is 0 Å². The predicted molar refractivity (Wildman–Crippen MR) is 88.7 cm³/mol. The summed E-state index contributed by atoms with van der Waals surface area (Å²) < 4.78 is 0. The minimum atomic E-state index is -0.743. The number of fused-ring (bicyclic) bond motifs is 1. The maximum absolute atomic E-state index is 12.7. The molecule has 0 saturated heterocycles. The van der Waals surface area contributed by atoms with Crippen molar-refractivity contribution in [2.24, 2.45) is 11.8 Å². The van der Waals surface area contributed by atoms with Crippen molar-refractivity contribution in [3.8, 4) is 0 Å². The second-order valence-corrected chi connectivity index (χ2v) is 7.27. The van der Waals surface area contributed by atoms with Gasteiger partial charge in [0.2, 0.25) is 5.91 Å². The number of hydrogen-bond acceptors (Lipinski definition) is 2. The molecule has 0 unspecified atom stereocenters. The molecule has 23 heavy (non-hydrogen) atoms. The SMILES string of the molecule is O=C(O)C1CCC(C(=O)N2CCc3c(Cl)cc(Cl)cc3C2)CC1. The standard InChI is InChI=1S/C17H19Cl2NO3/c18-13-7-12-9-20(6-5-14(12)15(19)8-13)16(21)10-1-3-11(4-2-10)17(22)23/h7-8,10-11H,1-6,9H2,(H,22,23). The van der Waals surface area contributed by atoms with Crippen molar-refractivity contribution in [2.45, 2.75) is 38.6 Å². The Hall–Kier alpha value is -1.26. The van der Waals surface area contributed by atoms with Crippen molar-refractivity contribution in [1.82, 2.24) is 4.90 Å². The summed E-state index contributed by atoms with van der Waals surface area (Å²) in [5.74, 6) is -0.955. The Morgan fingerprint density at radius 3 is 2.39 bits per heavy atom. The minimum Gasteiger partial charge on any atom is -0.481 e. The Labute approximate surface area is 145 Å². The van der Waals surface area contributed by atoms with Gasteiger partial charge < -0.3 is 10.0 Å². The molecule has 124 valence electrons. The fourth-order valence-corrected chi connectivity index (χ4v) is 4.27. The van der Waals surface area contributed by atoms with Crippen molar-refractivity contribution in [1.29, 1.82) is 0 Å². The van der Waals surface area contributed by atoms with Crippen LogP contribution in [-0.2, 0) is 22.6 Å². The highest BCUT2D eigenvalue weighted by Crippen LogP contribution is 2.33. The van der Waals surface area contributed by atoms with Crippen molar-refractivity contribution in [2.75, 3.05) is 6.54 Å². The molecule has 1 fully saturated rings. The molecule has 0 atom stereocenters. The smallest absolute Gasteiger partial charge is 0.306 e. The zero-order chi connectivity index (χ0) is 16.6. The summed E-state index contributed by atoms with van der Waals surface area (Å²) in [6, 6.07) is 3.62. The Bertz CT molecular complexity index is 639. The second kappa shape index (κ2) is 6.70. The number of carboxylic acids is 1. The van der Waals surface area contributed by atoms with Crippen molar-refractivity contribution in [3.05, 3.63) is 33.3 Å². The van der Waals surface area contributed by atoms with Gasteiger partial charge in [0.1, 0.15) is 0 Å². The van der Waals surface area contributed by atoms with Crippen LogP contribution in [0.25, 0.3) is 0 Å². The van der Waals surface area contributed by atoms with Gasteiger partial charge in [-0.05, 0) is 55.4 Å². The molecule has 1 amide bonds. The average molecular weight is 356 g/mol. The number of carbonyl (C=O) groups excluding carboxylic acids is 1. The summed E-state index contributed by atoms with van der Waals surface area (Å²) in [6.45, 7) is 1.19. The number of halogens is 2. The van der Waals surface area contributed by atoms with Crippen LogP contribution in [0.1, 0.15) is 36.8 Å². The van der Waals surface area contributed by atoms with E-state index in [0.29, 0.717) is 48.8 Å². The summed E-state index contributed by atoms with van der Waals surface area (Å²) in [7, 11) is 0. The van der Waals surface area contributed by atoms with Crippen LogP contribution in [0.15, 0.2) is 12.1 Å². The van der Waals surface area contributed by atoms with Crippen LogP contribution >= 0.6 is 23.2 Å². The van der Waals surface area contributed by atoms with E-state index in [9.17, 15) is 9.59 Å². The monoisotopic (exact) mass is 355 g/mol. The third-order valence-corrected chi connectivity index (χ3v) is 5.54. The van der Waals surface area contributed by atoms with Crippen LogP contribution in [0.4, 0.5) is 0 Å². The number of carboxylic acid groups (broad SMARTS) is 1. The molecule has 1 heterocycles. The van der Waals surface area contributed by atoms with E-state index in [-0.39, 0.29) is 17.7 Å². The van der Waals surface area contributed by atoms with Crippen molar-refractivity contribution >= 4 is 35.1 Å². The molecule has 1 aliphatic heterocycles. The van der Waals surface area contributed by atoms with Gasteiger partial charge in [-0.3, -0.25) is 9.59 Å². The maximum Gasteiger partial charge on any atom is 0.306 e. The first-order valence-electron chi connectivity index (χ1n) is 7.94. The first kappa shape index (κ1) is 16.6. The molecule has 0 radical (unpaired) electrons. The van der Waals surface area contributed by atoms with E-state index < -0.39 is 5.97 Å². The van der Waals surface area contributed by atoms with Gasteiger partial charge in [-0.15, -0.1) is 0 Å². The lowest BCUT2D eigenvalue weighted by atomic mass is 9.81. The fraction of sp³-hybridized carbons (Fsp3) is 0.529. The van der Waals surface area contributed by atoms with Crippen LogP contribution in [0.2, 0.25) is 10.0 Å². The number of amides is 1. The minimum absolute atomic E-state index is 0.0539. The normalized spacial score (nSPS) is 24.2. The maximum atomic E-state index is 12.7. The van der Waals surface area contributed by atoms with E-state index in [4.69, 9.17) is 28.3 Å². The van der Waals surface area contributed by atoms with Crippen molar-refractivity contribution in [3.63, 3.8) is 0 Å². The lowest BCUT2D eigenvalue weighted by Gasteiger charge is -2.34. The first-order chi connectivity index (χ1) is 11.0. The lowest BCUT2D eigenvalue weighted by molar-refractivity contribution is -0.146. The summed E-state index contributed by atoms with van der Waals surface area (Å²) in [5, 5.41) is 10.3. The molecule has 0 bridgehead atoms. The van der Waals surface area contributed by atoms with Crippen LogP contribution < -0.4 is 0 Å². The lowest BCUT2D eigenvalue weighted by Crippen LogP contribution is -2.41. The Morgan fingerprint density at radius 2 is 1.74 bits per heavy atom. The largest absolute Gasteiger partial charge is 0.481 e. The summed E-state index contributed by atoms with van der Waals surface area (Å²) in [6.07, 6.45) is 3.24. The van der Waals surface area contributed by atoms with Crippen LogP contribution in [0.5, 0.6) is 0 Å². The summed E-state index contributed by atoms with van der Waals surface area (Å²) in [4.78, 5) is 25.6. The molecule has 1 aromatic carbocycles. The second-order valence-electron chi connectivity index (χ2n) is 6.42. The molecule has 0 aromatic heterocycles. The van der Waals surface area contributed by atoms with Gasteiger partial charge in [-0.1, -0.05) is 23.2 Å². The first-order valence-corrected chi connectivity index (χ1v) is 8.69. The third-order valence-electron chi connectivity index (χ3n) is 4.98. The number of aliphatic carboxylic acids is 1. The molecule has 1 aliphatic carbocycles. The third kappa shape index (κ3) is 3.48. The highest BCUT2D eigenvalue weighted by molar-refractivity contribution is 6.35. The number of nitrogens with zero attached hydrogens (tertiary/aromatic N) is 1. The number of hydrogen-bond donors (Lipinski definition) is 1. The van der Waals surface area contributed by atoms with Crippen molar-refractivity contribution < 1.29 is 14.7 Å². The van der Waals surface area contributed by atoms with E-state index >= 15 is 0 Å². The topological polar surface area (TPSA) is 57.6 Å². The summed E-state index contributed by atoms with van der Waals surface area (Å²) >= 11 is 12.3. The van der Waals surface area contributed by atoms with Gasteiger partial charge in [0.25, 0.3) is 0 Å². The zero-order valence-corrected chi connectivity index (χ0v) is 14.2. The molecule has 1 saturated carbocycles. The van der Waals surface area contributed by atoms with E-state index in [1.807, 2.05) is 11.0 Å². The Balaban J connectivity index is 1.67. The van der Waals surface area contributed by atoms with E-state index in [2.05, 4.69) is 0 Å². The molecule has 3 rings (SSSR count). The van der Waals surface area contributed by atoms with Crippen LogP contribution in [-0.4, -0.2) is 28.4 Å². The molecular weight excluding hydrogens is 337 g/mol. The van der Waals surface area contributed by atoms with Gasteiger partial charge in [-0.2, -0.15) is 0 Å². The van der Waals surface area contributed by atoms with Crippen LogP contribution in [0, 0.1) is 11.8 Å². The highest BCUT2D eigenvalue weighted by Gasteiger charge is 2.33. The quantitative estimate of drug-likeness (QED) is 0.878. The Morgan fingerprint density at radius 1 is 1.09 bits per heavy atom. The number of rotatable bonds is 2. The number of benzene rings is 1. The Kier molecular flexibility index (Phi) is 4.83. The van der Waals surface area contributed by atoms with E-state index in [1.54, 1.807) is 6.07 Å². The van der Waals surface area contributed by atoms with Gasteiger partial charge in [0, 0.05) is 29.1 Å². The van der Waals surface area contributed by atoms with E-state index in [0.717, 1.165) is 17.5 Å². The summed E-state index contributed by atoms with van der Waals surface area (Å²) in [5.41, 5.74) is 2.09. The average Bonchev–Trinajstić information content (AvgIpc) is 2.53. The fourth-order valence-electron chi connectivity index (χ4n) is 3.64. The molecule has 1 N–H and O–H groups in total. The molecule has 6 heteroatoms. The van der Waals surface area contributed by atoms with Gasteiger partial charge >= 0.3 is 5.97 Å². The molecule has 0 spiro atoms. The zero-order valence-electron chi connectivity index (χ0n) is 12.7. The van der Waals surface area contributed by atoms with Crippen LogP contribution in [0.3, 0.4) is 0 Å². The molecule has 1 aromatic rings. The molecular formula is C17H19Cl2NO3. The molecule has 4 nitrogen and oxygen atoms in total. The molecule has 2 aliphatic rings.